The molecule has 0 aromatic carbocycles. The number of aromatic nitrogens is 2. The first-order valence-electron chi connectivity index (χ1n) is 9.80. The van der Waals surface area contributed by atoms with E-state index in [0.717, 1.165) is 24.6 Å². The lowest BCUT2D eigenvalue weighted by Gasteiger charge is -2.36. The fourth-order valence-corrected chi connectivity index (χ4v) is 4.02. The highest BCUT2D eigenvalue weighted by Gasteiger charge is 2.36. The second-order valence-electron chi connectivity index (χ2n) is 9.95. The van der Waals surface area contributed by atoms with E-state index in [1.54, 1.807) is 6.20 Å². The van der Waals surface area contributed by atoms with E-state index >= 15 is 0 Å². The summed E-state index contributed by atoms with van der Waals surface area (Å²) in [6, 6.07) is 1.07. The molecule has 0 spiro atoms. The van der Waals surface area contributed by atoms with Crippen LogP contribution >= 0.6 is 0 Å². The molecule has 0 saturated heterocycles. The molecule has 6 nitrogen and oxygen atoms in total. The predicted molar refractivity (Wildman–Crippen MR) is 118 cm³/mol. The Labute approximate surface area is 166 Å². The summed E-state index contributed by atoms with van der Waals surface area (Å²) in [6.45, 7) is 19.7. The first-order chi connectivity index (χ1) is 12.2. The van der Waals surface area contributed by atoms with Gasteiger partial charge in [0.05, 0.1) is 5.69 Å². The van der Waals surface area contributed by atoms with Crippen LogP contribution in [0.25, 0.3) is 0 Å². The van der Waals surface area contributed by atoms with Crippen LogP contribution in [0.1, 0.15) is 32.9 Å². The van der Waals surface area contributed by atoms with Crippen LogP contribution in [0.4, 0.5) is 5.82 Å². The maximum atomic E-state index is 12.2. The lowest BCUT2D eigenvalue weighted by atomic mass is 10.2. The Morgan fingerprint density at radius 2 is 1.78 bits per heavy atom. The van der Waals surface area contributed by atoms with Crippen molar-refractivity contribution in [1.29, 1.82) is 0 Å². The molecule has 0 unspecified atom stereocenters. The first-order valence-corrected chi connectivity index (χ1v) is 16.4. The Morgan fingerprint density at radius 3 is 2.33 bits per heavy atom. The van der Waals surface area contributed by atoms with Gasteiger partial charge in [-0.15, -0.1) is 0 Å². The van der Waals surface area contributed by atoms with Crippen molar-refractivity contribution in [1.82, 2.24) is 9.55 Å². The molecule has 1 aromatic heterocycles. The van der Waals surface area contributed by atoms with Gasteiger partial charge in [-0.05, 0) is 37.0 Å². The fourth-order valence-electron chi connectivity index (χ4n) is 2.17. The number of hydrogen-bond acceptors (Lipinski definition) is 5. The van der Waals surface area contributed by atoms with Crippen LogP contribution < -0.4 is 11.3 Å². The zero-order chi connectivity index (χ0) is 20.9. The van der Waals surface area contributed by atoms with Crippen LogP contribution in [0.5, 0.6) is 0 Å². The minimum atomic E-state index is -1.73. The van der Waals surface area contributed by atoms with Gasteiger partial charge in [0.1, 0.15) is 6.73 Å². The Balaban J connectivity index is 2.59. The number of hydrogen-bond donors (Lipinski definition) is 1. The van der Waals surface area contributed by atoms with Crippen LogP contribution in [-0.2, 0) is 22.3 Å². The van der Waals surface area contributed by atoms with Crippen LogP contribution in [-0.4, -0.2) is 39.2 Å². The molecule has 0 bridgehead atoms. The molecule has 8 heteroatoms. The molecule has 0 aliphatic rings. The maximum absolute atomic E-state index is 12.2. The molecule has 1 heterocycles. The van der Waals surface area contributed by atoms with Gasteiger partial charge < -0.3 is 14.9 Å². The molecule has 2 N–H and O–H groups in total. The number of nitrogen functional groups attached to an aromatic ring is 1. The van der Waals surface area contributed by atoms with E-state index in [9.17, 15) is 4.79 Å². The lowest BCUT2D eigenvalue weighted by molar-refractivity contribution is 0.0845. The minimum Gasteiger partial charge on any atom is -0.417 e. The molecular formula is C19H39N3O3Si2. The third-order valence-electron chi connectivity index (χ3n) is 5.12. The molecule has 0 radical (unpaired) electrons. The smallest absolute Gasteiger partial charge is 0.294 e. The van der Waals surface area contributed by atoms with Crippen molar-refractivity contribution in [2.45, 2.75) is 84.2 Å². The molecule has 0 aliphatic carbocycles. The SMILES string of the molecule is CC(C)(C)[Si](C)(C)OCCCc1cn(COCC[Si](C)(C)C)c(=O)c(N)n1. The topological polar surface area (TPSA) is 79.4 Å². The number of nitrogens with two attached hydrogens (primary N) is 1. The van der Waals surface area contributed by atoms with E-state index in [1.807, 2.05) is 0 Å². The summed E-state index contributed by atoms with van der Waals surface area (Å²) < 4.78 is 13.4. The van der Waals surface area contributed by atoms with Gasteiger partial charge in [0, 0.05) is 27.5 Å². The first kappa shape index (κ1) is 24.1. The molecular weight excluding hydrogens is 374 g/mol. The zero-order valence-electron chi connectivity index (χ0n) is 18.5. The molecule has 0 atom stereocenters. The Hall–Kier alpha value is -0.966. The van der Waals surface area contributed by atoms with Crippen molar-refractivity contribution < 1.29 is 9.16 Å². The van der Waals surface area contributed by atoms with Crippen LogP contribution in [0.15, 0.2) is 11.0 Å². The summed E-state index contributed by atoms with van der Waals surface area (Å²) in [6.07, 6.45) is 3.35. The van der Waals surface area contributed by atoms with Gasteiger partial charge in [-0.3, -0.25) is 9.36 Å². The van der Waals surface area contributed by atoms with Crippen molar-refractivity contribution in [3.05, 3.63) is 22.2 Å². The predicted octanol–water partition coefficient (Wildman–Crippen LogP) is 4.09. The fraction of sp³-hybridized carbons (Fsp3) is 0.789. The number of aryl methyl sites for hydroxylation is 1. The van der Waals surface area contributed by atoms with Crippen molar-refractivity contribution in [3.63, 3.8) is 0 Å². The molecule has 0 amide bonds. The highest BCUT2D eigenvalue weighted by Crippen LogP contribution is 2.36. The molecule has 1 aromatic rings. The second-order valence-corrected chi connectivity index (χ2v) is 20.4. The van der Waals surface area contributed by atoms with Crippen molar-refractivity contribution >= 4 is 22.2 Å². The summed E-state index contributed by atoms with van der Waals surface area (Å²) in [4.78, 5) is 16.4. The summed E-state index contributed by atoms with van der Waals surface area (Å²) >= 11 is 0. The third-order valence-corrected chi connectivity index (χ3v) is 11.4. The van der Waals surface area contributed by atoms with Gasteiger partial charge in [-0.2, -0.15) is 0 Å². The lowest BCUT2D eigenvalue weighted by Crippen LogP contribution is -2.41. The number of rotatable bonds is 10. The van der Waals surface area contributed by atoms with Crippen LogP contribution in [0, 0.1) is 0 Å². The highest BCUT2D eigenvalue weighted by atomic mass is 28.4. The molecule has 0 saturated carbocycles. The van der Waals surface area contributed by atoms with Gasteiger partial charge in [-0.25, -0.2) is 4.98 Å². The Kier molecular flexibility index (Phi) is 8.46. The molecule has 0 aliphatic heterocycles. The quantitative estimate of drug-likeness (QED) is 0.461. The van der Waals surface area contributed by atoms with E-state index < -0.39 is 16.4 Å². The van der Waals surface area contributed by atoms with Crippen molar-refractivity contribution in [3.8, 4) is 0 Å². The monoisotopic (exact) mass is 413 g/mol. The summed E-state index contributed by atoms with van der Waals surface area (Å²) in [5.74, 6) is 0.0339. The van der Waals surface area contributed by atoms with E-state index in [0.29, 0.717) is 13.2 Å². The van der Waals surface area contributed by atoms with Gasteiger partial charge >= 0.3 is 0 Å². The third kappa shape index (κ3) is 8.29. The number of anilines is 1. The summed E-state index contributed by atoms with van der Waals surface area (Å²) in [5.41, 5.74) is 6.33. The molecule has 1 rings (SSSR count). The highest BCUT2D eigenvalue weighted by molar-refractivity contribution is 6.76. The summed E-state index contributed by atoms with van der Waals surface area (Å²) in [7, 11) is -2.87. The number of nitrogens with zero attached hydrogens (tertiary/aromatic N) is 2. The second kappa shape index (κ2) is 9.49. The Bertz CT molecular complexity index is 662. The molecule has 27 heavy (non-hydrogen) atoms. The van der Waals surface area contributed by atoms with E-state index in [-0.39, 0.29) is 23.1 Å². The normalized spacial score (nSPS) is 13.2. The van der Waals surface area contributed by atoms with Crippen molar-refractivity contribution in [2.75, 3.05) is 18.9 Å². The van der Waals surface area contributed by atoms with E-state index in [1.165, 1.54) is 4.57 Å². The van der Waals surface area contributed by atoms with Crippen LogP contribution in [0.3, 0.4) is 0 Å². The average molecular weight is 414 g/mol. The van der Waals surface area contributed by atoms with Gasteiger partial charge in [0.15, 0.2) is 14.1 Å². The molecule has 0 fully saturated rings. The van der Waals surface area contributed by atoms with Gasteiger partial charge in [0.2, 0.25) is 0 Å². The van der Waals surface area contributed by atoms with Gasteiger partial charge in [-0.1, -0.05) is 40.4 Å². The molecule has 156 valence electrons. The summed E-state index contributed by atoms with van der Waals surface area (Å²) in [5, 5.41) is 0.205. The largest absolute Gasteiger partial charge is 0.417 e. The van der Waals surface area contributed by atoms with Gasteiger partial charge in [0.25, 0.3) is 5.56 Å². The van der Waals surface area contributed by atoms with Crippen molar-refractivity contribution in [2.24, 2.45) is 0 Å². The standard InChI is InChI=1S/C19H39N3O3Si2/c1-19(2,3)27(7,8)25-11-9-10-16-14-22(18(23)17(20)21-16)15-24-12-13-26(4,5)6/h14H,9-13,15H2,1-8H3,(H2,20,21). The minimum absolute atomic E-state index is 0.0339. The van der Waals surface area contributed by atoms with E-state index in [2.05, 4.69) is 58.5 Å². The Morgan fingerprint density at radius 1 is 1.15 bits per heavy atom. The zero-order valence-corrected chi connectivity index (χ0v) is 20.5. The average Bonchev–Trinajstić information content (AvgIpc) is 2.50. The van der Waals surface area contributed by atoms with E-state index in [4.69, 9.17) is 14.9 Å². The maximum Gasteiger partial charge on any atom is 0.294 e. The van der Waals surface area contributed by atoms with Crippen LogP contribution in [0.2, 0.25) is 43.8 Å². The number of ether oxygens (including phenoxy) is 1.